The maximum atomic E-state index is 10.1. The molecule has 0 bridgehead atoms. The Balaban J connectivity index is -0.0000000189. The Morgan fingerprint density at radius 1 is 0.773 bits per heavy atom. The molecule has 1 N–H and O–H groups in total. The van der Waals surface area contributed by atoms with E-state index in [1.807, 2.05) is 41.0 Å². The fourth-order valence-corrected chi connectivity index (χ4v) is 0.224. The zero-order valence-corrected chi connectivity index (χ0v) is 22.0. The molecule has 0 aliphatic carbocycles. The molecular formula is C14H48O4P4. The number of phosphoric acid groups is 1. The van der Waals surface area contributed by atoms with E-state index in [0.29, 0.717) is 0 Å². The zero-order chi connectivity index (χ0) is 19.3. The summed E-state index contributed by atoms with van der Waals surface area (Å²) in [5.41, 5.74) is 0. The van der Waals surface area contributed by atoms with Crippen LogP contribution < -0.4 is 0 Å². The van der Waals surface area contributed by atoms with Crippen molar-refractivity contribution >= 4 is 36.2 Å². The molecule has 0 rings (SSSR count). The van der Waals surface area contributed by atoms with Crippen LogP contribution in [-0.4, -0.2) is 32.4 Å². The number of hydrogen-bond donors (Lipinski definition) is 1. The van der Waals surface area contributed by atoms with Gasteiger partial charge in [0.05, 0.1) is 0 Å². The standard InChI is InChI=1S/2C3H8.C2H7O4P.2C2H6.2CH5P.H3P/c2*1-3-2;1-5-7(3,4)6-2;4*1-2;/h2*3H2,1-2H3;1-2H3,(H,3,4);2*1-2H3;2*2H2,1H3;1H3. The summed E-state index contributed by atoms with van der Waals surface area (Å²) in [4.78, 5) is 8.24. The van der Waals surface area contributed by atoms with Crippen molar-refractivity contribution in [2.75, 3.05) is 27.5 Å². The van der Waals surface area contributed by atoms with Crippen LogP contribution >= 0.6 is 36.2 Å². The first kappa shape index (κ1) is 49.5. The van der Waals surface area contributed by atoms with Crippen LogP contribution in [0.1, 0.15) is 68.2 Å². The second-order valence-electron chi connectivity index (χ2n) is 2.25. The third kappa shape index (κ3) is 163. The van der Waals surface area contributed by atoms with Crippen molar-refractivity contribution < 1.29 is 18.5 Å². The lowest BCUT2D eigenvalue weighted by atomic mass is 10.6. The van der Waals surface area contributed by atoms with Gasteiger partial charge in [0.2, 0.25) is 0 Å². The molecule has 3 atom stereocenters. The monoisotopic (exact) mass is 404 g/mol. The molecule has 4 nitrogen and oxygen atoms in total. The lowest BCUT2D eigenvalue weighted by Crippen LogP contribution is -1.83. The van der Waals surface area contributed by atoms with Crippen LogP contribution in [-0.2, 0) is 13.6 Å². The first-order valence-corrected chi connectivity index (χ1v) is 11.4. The Bertz CT molecular complexity index is 119. The Labute approximate surface area is 151 Å². The third-order valence-electron chi connectivity index (χ3n) is 0.461. The molecular weight excluding hydrogens is 356 g/mol. The second kappa shape index (κ2) is 78.9. The molecule has 0 fully saturated rings. The van der Waals surface area contributed by atoms with Crippen molar-refractivity contribution in [1.82, 2.24) is 0 Å². The van der Waals surface area contributed by atoms with Crippen molar-refractivity contribution in [3.8, 4) is 0 Å². The van der Waals surface area contributed by atoms with Crippen molar-refractivity contribution in [2.45, 2.75) is 68.2 Å². The highest BCUT2D eigenvalue weighted by atomic mass is 31.2. The van der Waals surface area contributed by atoms with Crippen LogP contribution in [0.3, 0.4) is 0 Å². The Kier molecular flexibility index (Phi) is 178. The van der Waals surface area contributed by atoms with Gasteiger partial charge < -0.3 is 4.89 Å². The largest absolute Gasteiger partial charge is 0.471 e. The average molecular weight is 404 g/mol. The second-order valence-corrected chi connectivity index (χ2v) is 3.92. The Morgan fingerprint density at radius 2 is 0.864 bits per heavy atom. The molecule has 0 saturated carbocycles. The maximum Gasteiger partial charge on any atom is 0.471 e. The highest BCUT2D eigenvalue weighted by Crippen LogP contribution is 2.40. The van der Waals surface area contributed by atoms with Gasteiger partial charge in [0.1, 0.15) is 0 Å². The third-order valence-corrected chi connectivity index (χ3v) is 1.38. The molecule has 22 heavy (non-hydrogen) atoms. The quantitative estimate of drug-likeness (QED) is 0.548. The first-order chi connectivity index (χ1) is 9.95. The summed E-state index contributed by atoms with van der Waals surface area (Å²) in [5.74, 6) is 0. The maximum absolute atomic E-state index is 10.1. The molecule has 0 aliphatic rings. The van der Waals surface area contributed by atoms with E-state index < -0.39 is 7.82 Å². The normalized spacial score (nSPS) is 6.50. The van der Waals surface area contributed by atoms with Crippen LogP contribution in [0, 0.1) is 0 Å². The van der Waals surface area contributed by atoms with Gasteiger partial charge >= 0.3 is 7.82 Å². The Morgan fingerprint density at radius 3 is 0.864 bits per heavy atom. The summed E-state index contributed by atoms with van der Waals surface area (Å²) < 4.78 is 18.0. The molecule has 0 aliphatic heterocycles. The molecule has 3 unspecified atom stereocenters. The van der Waals surface area contributed by atoms with E-state index in [0.717, 1.165) is 14.2 Å². The van der Waals surface area contributed by atoms with Gasteiger partial charge in [-0.25, -0.2) is 4.57 Å². The van der Waals surface area contributed by atoms with E-state index in [-0.39, 0.29) is 9.90 Å². The van der Waals surface area contributed by atoms with Crippen molar-refractivity contribution in [3.63, 3.8) is 0 Å². The SMILES string of the molecule is CC.CC.CCC.CCC.COP(=O)(O)OC.CP.CP.P. The Hall–Kier alpha value is 1.40. The molecule has 0 aromatic heterocycles. The van der Waals surface area contributed by atoms with E-state index >= 15 is 0 Å². The minimum Gasteiger partial charge on any atom is -0.303 e. The summed E-state index contributed by atoms with van der Waals surface area (Å²) in [6.45, 7) is 20.3. The molecule has 0 aromatic carbocycles. The topological polar surface area (TPSA) is 55.8 Å². The molecule has 0 spiro atoms. The molecule has 0 heterocycles. The van der Waals surface area contributed by atoms with Gasteiger partial charge in [0.15, 0.2) is 0 Å². The van der Waals surface area contributed by atoms with Crippen molar-refractivity contribution in [1.29, 1.82) is 0 Å². The molecule has 8 heteroatoms. The van der Waals surface area contributed by atoms with Gasteiger partial charge in [0.25, 0.3) is 0 Å². The van der Waals surface area contributed by atoms with Gasteiger partial charge in [-0.15, -0.1) is 18.5 Å². The summed E-state index contributed by atoms with van der Waals surface area (Å²) in [7, 11) is 3.38. The fraction of sp³-hybridized carbons (Fsp3) is 1.00. The summed E-state index contributed by atoms with van der Waals surface area (Å²) in [6, 6.07) is 0. The molecule has 0 radical (unpaired) electrons. The van der Waals surface area contributed by atoms with E-state index in [9.17, 15) is 4.57 Å². The van der Waals surface area contributed by atoms with E-state index in [4.69, 9.17) is 4.89 Å². The van der Waals surface area contributed by atoms with E-state index in [1.165, 1.54) is 12.8 Å². The van der Waals surface area contributed by atoms with Crippen LogP contribution in [0.2, 0.25) is 0 Å². The average Bonchev–Trinajstić information content (AvgIpc) is 2.56. The van der Waals surface area contributed by atoms with E-state index in [1.54, 1.807) is 0 Å². The molecule has 0 saturated heterocycles. The first-order valence-electron chi connectivity index (χ1n) is 7.55. The van der Waals surface area contributed by atoms with Crippen molar-refractivity contribution in [3.05, 3.63) is 0 Å². The number of hydrogen-bond acceptors (Lipinski definition) is 3. The van der Waals surface area contributed by atoms with Gasteiger partial charge in [-0.2, -0.15) is 9.90 Å². The van der Waals surface area contributed by atoms with Crippen molar-refractivity contribution in [2.24, 2.45) is 0 Å². The van der Waals surface area contributed by atoms with E-state index in [2.05, 4.69) is 55.2 Å². The summed E-state index contributed by atoms with van der Waals surface area (Å²) in [6.07, 6.45) is 2.50. The van der Waals surface area contributed by atoms with Gasteiger partial charge in [0, 0.05) is 14.2 Å². The van der Waals surface area contributed by atoms with Crippen LogP contribution in [0.25, 0.3) is 0 Å². The summed E-state index contributed by atoms with van der Waals surface area (Å²) >= 11 is 0. The van der Waals surface area contributed by atoms with Gasteiger partial charge in [-0.05, 0) is 0 Å². The molecule has 0 amide bonds. The molecule has 148 valence electrons. The van der Waals surface area contributed by atoms with Crippen LogP contribution in [0.5, 0.6) is 0 Å². The van der Waals surface area contributed by atoms with Gasteiger partial charge in [-0.1, -0.05) is 81.6 Å². The summed E-state index contributed by atoms with van der Waals surface area (Å²) in [5, 5.41) is 0. The predicted molar refractivity (Wildman–Crippen MR) is 121 cm³/mol. The number of phosphoric ester groups is 1. The highest BCUT2D eigenvalue weighted by molar-refractivity contribution is 7.47. The van der Waals surface area contributed by atoms with Gasteiger partial charge in [-0.3, -0.25) is 9.05 Å². The minimum atomic E-state index is -3.65. The molecule has 0 aromatic rings. The van der Waals surface area contributed by atoms with Crippen LogP contribution in [0.15, 0.2) is 0 Å². The number of rotatable bonds is 2. The minimum absolute atomic E-state index is 0. The lowest BCUT2D eigenvalue weighted by Gasteiger charge is -2.01. The highest BCUT2D eigenvalue weighted by Gasteiger charge is 2.13. The fourth-order valence-electron chi connectivity index (χ4n) is 0.0745. The predicted octanol–water partition coefficient (Wildman–Crippen LogP) is 6.31. The zero-order valence-electron chi connectivity index (χ0n) is 17.4. The van der Waals surface area contributed by atoms with Crippen LogP contribution in [0.4, 0.5) is 0 Å². The smallest absolute Gasteiger partial charge is 0.303 e. The lowest BCUT2D eigenvalue weighted by molar-refractivity contribution is 0.204.